The highest BCUT2D eigenvalue weighted by Crippen LogP contribution is 2.61. The number of aliphatic hydroxyl groups is 1. The molecule has 2 saturated heterocycles. The molecule has 0 aliphatic carbocycles. The summed E-state index contributed by atoms with van der Waals surface area (Å²) in [5.41, 5.74) is 3.03. The molecule has 2 N–H and O–H groups in total. The number of amides is 2. The first-order chi connectivity index (χ1) is 24.1. The maximum atomic E-state index is 15.0. The number of aliphatic hydroxyl groups excluding tert-OH is 1. The first kappa shape index (κ1) is 34.3. The molecule has 50 heavy (non-hydrogen) atoms. The molecule has 262 valence electrons. The topological polar surface area (TPSA) is 121 Å². The Balaban J connectivity index is 1.24. The highest BCUT2D eigenvalue weighted by molar-refractivity contribution is 6.71. The van der Waals surface area contributed by atoms with Gasteiger partial charge >= 0.3 is 0 Å². The van der Waals surface area contributed by atoms with Crippen molar-refractivity contribution in [3.8, 4) is 0 Å². The summed E-state index contributed by atoms with van der Waals surface area (Å²) in [7, 11) is -2.90. The SMILES string of the molecule is C[C@@H]1[C@@H]([Si](C)(C)O)[C@H](CCn2cc(C(CO)c3ccccc3)nn2)O[C@@]12C(=O)N(c1ccccc1)c1ccc(N3CCCCCCC3=O)cc12. The normalized spacial score (nSPS) is 24.8. The van der Waals surface area contributed by atoms with Crippen LogP contribution in [0.4, 0.5) is 17.1 Å². The lowest BCUT2D eigenvalue weighted by molar-refractivity contribution is -0.145. The van der Waals surface area contributed by atoms with E-state index in [0.29, 0.717) is 31.6 Å². The Morgan fingerprint density at radius 3 is 2.40 bits per heavy atom. The summed E-state index contributed by atoms with van der Waals surface area (Å²) in [4.78, 5) is 43.8. The number of anilines is 3. The van der Waals surface area contributed by atoms with E-state index in [2.05, 4.69) is 10.3 Å². The second-order valence-electron chi connectivity index (χ2n) is 14.6. The maximum Gasteiger partial charge on any atom is 0.268 e. The summed E-state index contributed by atoms with van der Waals surface area (Å²) >= 11 is 0. The van der Waals surface area contributed by atoms with Crippen LogP contribution in [-0.2, 0) is 26.5 Å². The van der Waals surface area contributed by atoms with Crippen molar-refractivity contribution < 1.29 is 24.2 Å². The van der Waals surface area contributed by atoms with Gasteiger partial charge in [-0.15, -0.1) is 5.10 Å². The van der Waals surface area contributed by atoms with Crippen LogP contribution in [0.25, 0.3) is 0 Å². The minimum absolute atomic E-state index is 0.0920. The molecule has 11 heteroatoms. The van der Waals surface area contributed by atoms with Crippen LogP contribution >= 0.6 is 0 Å². The molecular formula is C39H47N5O5Si. The Hall–Kier alpha value is -4.16. The van der Waals surface area contributed by atoms with Gasteiger partial charge in [-0.3, -0.25) is 19.2 Å². The van der Waals surface area contributed by atoms with E-state index in [-0.39, 0.29) is 35.8 Å². The highest BCUT2D eigenvalue weighted by atomic mass is 28.4. The lowest BCUT2D eigenvalue weighted by atomic mass is 9.82. The molecular weight excluding hydrogens is 647 g/mol. The molecule has 3 aliphatic heterocycles. The predicted molar refractivity (Wildman–Crippen MR) is 195 cm³/mol. The summed E-state index contributed by atoms with van der Waals surface area (Å²) in [6.45, 7) is 6.89. The number of fused-ring (bicyclic) bond motifs is 2. The fraction of sp³-hybridized carbons (Fsp3) is 0.436. The summed E-state index contributed by atoms with van der Waals surface area (Å²) in [5.74, 6) is -0.713. The Bertz CT molecular complexity index is 1830. The number of hydrogen-bond donors (Lipinski definition) is 2. The van der Waals surface area contributed by atoms with Crippen molar-refractivity contribution in [2.24, 2.45) is 5.92 Å². The molecule has 1 unspecified atom stereocenters. The van der Waals surface area contributed by atoms with E-state index in [9.17, 15) is 19.5 Å². The van der Waals surface area contributed by atoms with E-state index >= 15 is 0 Å². The minimum Gasteiger partial charge on any atom is -0.432 e. The monoisotopic (exact) mass is 693 g/mol. The Kier molecular flexibility index (Phi) is 9.51. The van der Waals surface area contributed by atoms with Gasteiger partial charge in [-0.05, 0) is 68.3 Å². The van der Waals surface area contributed by atoms with Crippen LogP contribution in [0.5, 0.6) is 0 Å². The van der Waals surface area contributed by atoms with E-state index in [1.165, 1.54) is 0 Å². The number of carbonyl (C=O) groups is 2. The van der Waals surface area contributed by atoms with Gasteiger partial charge in [0, 0.05) is 54.1 Å². The van der Waals surface area contributed by atoms with Crippen LogP contribution in [0.15, 0.2) is 85.1 Å². The number of aromatic nitrogens is 3. The van der Waals surface area contributed by atoms with Gasteiger partial charge in [-0.25, -0.2) is 0 Å². The van der Waals surface area contributed by atoms with Crippen molar-refractivity contribution in [2.75, 3.05) is 23.0 Å². The number of nitrogens with zero attached hydrogens (tertiary/aromatic N) is 5. The van der Waals surface area contributed by atoms with Gasteiger partial charge in [0.15, 0.2) is 13.9 Å². The standard InChI is InChI=1S/C39H47N5O5Si/c1-27-37(50(2,3)48)35(21-23-42-25-33(40-41-42)31(26-45)28-14-8-6-9-15-28)49-39(27)32-24-30(43-22-13-5-4-12-18-36(43)46)19-20-34(32)44(38(39)47)29-16-10-7-11-17-29/h6-11,14-17,19-20,24-25,27,31,35,37,45,48H,4-5,12-13,18,21-23,26H2,1-3H3/t27-,31?,35+,37-,39+/m1/s1. The third-order valence-electron chi connectivity index (χ3n) is 11.0. The fourth-order valence-corrected chi connectivity index (χ4v) is 11.2. The van der Waals surface area contributed by atoms with Gasteiger partial charge in [0.1, 0.15) is 0 Å². The quantitative estimate of drug-likeness (QED) is 0.199. The first-order valence-corrected chi connectivity index (χ1v) is 21.0. The van der Waals surface area contributed by atoms with Crippen LogP contribution < -0.4 is 9.80 Å². The van der Waals surface area contributed by atoms with Crippen LogP contribution in [0.1, 0.15) is 68.2 Å². The van der Waals surface area contributed by atoms with E-state index in [1.807, 2.05) is 110 Å². The predicted octanol–water partition coefficient (Wildman–Crippen LogP) is 6.27. The van der Waals surface area contributed by atoms with E-state index in [1.54, 1.807) is 9.58 Å². The minimum atomic E-state index is -2.90. The van der Waals surface area contributed by atoms with Crippen molar-refractivity contribution >= 4 is 37.2 Å². The molecule has 3 aromatic carbocycles. The molecule has 1 spiro atoms. The number of benzene rings is 3. The smallest absolute Gasteiger partial charge is 0.268 e. The second-order valence-corrected chi connectivity index (χ2v) is 18.6. The number of ether oxygens (including phenoxy) is 1. The Labute approximate surface area is 294 Å². The van der Waals surface area contributed by atoms with E-state index in [0.717, 1.165) is 53.9 Å². The molecule has 0 bridgehead atoms. The average Bonchev–Trinajstić information content (AvgIpc) is 3.76. The lowest BCUT2D eigenvalue weighted by Gasteiger charge is -2.33. The molecule has 2 amide bonds. The first-order valence-electron chi connectivity index (χ1n) is 17.9. The molecule has 3 aliphatic rings. The zero-order chi connectivity index (χ0) is 35.0. The van der Waals surface area contributed by atoms with Crippen molar-refractivity contribution in [1.29, 1.82) is 0 Å². The van der Waals surface area contributed by atoms with Gasteiger partial charge in [0.05, 0.1) is 30.0 Å². The summed E-state index contributed by atoms with van der Waals surface area (Å²) < 4.78 is 8.87. The molecule has 4 aromatic rings. The third kappa shape index (κ3) is 6.10. The van der Waals surface area contributed by atoms with Gasteiger partial charge in [0.2, 0.25) is 5.91 Å². The molecule has 7 rings (SSSR count). The van der Waals surface area contributed by atoms with Crippen LogP contribution in [0.2, 0.25) is 18.6 Å². The molecule has 5 atom stereocenters. The Morgan fingerprint density at radius 1 is 0.960 bits per heavy atom. The number of rotatable bonds is 9. The number of carbonyl (C=O) groups excluding carboxylic acids is 2. The van der Waals surface area contributed by atoms with Gasteiger partial charge in [0.25, 0.3) is 5.91 Å². The van der Waals surface area contributed by atoms with E-state index in [4.69, 9.17) is 4.74 Å². The van der Waals surface area contributed by atoms with Gasteiger partial charge in [-0.1, -0.05) is 73.5 Å². The zero-order valence-electron chi connectivity index (χ0n) is 29.1. The lowest BCUT2D eigenvalue weighted by Crippen LogP contribution is -2.45. The average molecular weight is 694 g/mol. The Morgan fingerprint density at radius 2 is 1.68 bits per heavy atom. The number of aryl methyl sites for hydroxylation is 1. The van der Waals surface area contributed by atoms with Crippen molar-refractivity contribution in [2.45, 2.75) is 88.3 Å². The van der Waals surface area contributed by atoms with Crippen molar-refractivity contribution in [3.05, 3.63) is 102 Å². The molecule has 0 radical (unpaired) electrons. The summed E-state index contributed by atoms with van der Waals surface area (Å²) in [6, 6.07) is 25.3. The largest absolute Gasteiger partial charge is 0.432 e. The van der Waals surface area contributed by atoms with Gasteiger partial charge < -0.3 is 19.5 Å². The third-order valence-corrected chi connectivity index (χ3v) is 13.5. The van der Waals surface area contributed by atoms with Crippen LogP contribution in [0, 0.1) is 5.92 Å². The molecule has 0 saturated carbocycles. The van der Waals surface area contributed by atoms with Gasteiger partial charge in [-0.2, -0.15) is 0 Å². The zero-order valence-corrected chi connectivity index (χ0v) is 30.1. The molecule has 4 heterocycles. The van der Waals surface area contributed by atoms with Crippen LogP contribution in [-0.4, -0.2) is 64.3 Å². The molecule has 1 aromatic heterocycles. The fourth-order valence-electron chi connectivity index (χ4n) is 8.59. The number of para-hydroxylation sites is 1. The van der Waals surface area contributed by atoms with Crippen LogP contribution in [0.3, 0.4) is 0 Å². The molecule has 2 fully saturated rings. The van der Waals surface area contributed by atoms with Crippen molar-refractivity contribution in [3.63, 3.8) is 0 Å². The maximum absolute atomic E-state index is 15.0. The van der Waals surface area contributed by atoms with E-state index < -0.39 is 20.0 Å². The summed E-state index contributed by atoms with van der Waals surface area (Å²) in [6.07, 6.45) is 6.39. The number of hydrogen-bond acceptors (Lipinski definition) is 7. The second kappa shape index (κ2) is 13.9. The highest BCUT2D eigenvalue weighted by Gasteiger charge is 2.66. The molecule has 10 nitrogen and oxygen atoms in total. The van der Waals surface area contributed by atoms with Crippen molar-refractivity contribution in [1.82, 2.24) is 15.0 Å². The summed E-state index contributed by atoms with van der Waals surface area (Å²) in [5, 5.41) is 19.0.